The van der Waals surface area contributed by atoms with Crippen LogP contribution >= 0.6 is 0 Å². The van der Waals surface area contributed by atoms with Crippen molar-refractivity contribution in [2.75, 3.05) is 39.2 Å². The van der Waals surface area contributed by atoms with Crippen LogP contribution in [0.15, 0.2) is 48.5 Å². The Balaban J connectivity index is 1.46. The summed E-state index contributed by atoms with van der Waals surface area (Å²) < 4.78 is 5.14. The maximum Gasteiger partial charge on any atom is 0.317 e. The van der Waals surface area contributed by atoms with Gasteiger partial charge in [0.2, 0.25) is 0 Å². The largest absolute Gasteiger partial charge is 0.497 e. The average Bonchev–Trinajstić information content (AvgIpc) is 2.77. The summed E-state index contributed by atoms with van der Waals surface area (Å²) in [5.41, 5.74) is 2.90. The first-order valence-corrected chi connectivity index (χ1v) is 9.95. The Morgan fingerprint density at radius 3 is 2.21 bits per heavy atom. The molecular weight excluding hydrogens is 366 g/mol. The summed E-state index contributed by atoms with van der Waals surface area (Å²) in [5, 5.41) is 2.98. The van der Waals surface area contributed by atoms with Gasteiger partial charge in [-0.3, -0.25) is 4.79 Å². The molecule has 1 fully saturated rings. The number of rotatable bonds is 6. The molecule has 1 heterocycles. The predicted molar refractivity (Wildman–Crippen MR) is 115 cm³/mol. The molecule has 1 aliphatic heterocycles. The molecule has 1 saturated heterocycles. The first-order chi connectivity index (χ1) is 14.0. The van der Waals surface area contributed by atoms with Crippen LogP contribution in [0.5, 0.6) is 5.75 Å². The zero-order valence-electron chi connectivity index (χ0n) is 17.4. The molecule has 6 heteroatoms. The van der Waals surface area contributed by atoms with E-state index in [4.69, 9.17) is 4.74 Å². The molecule has 1 N–H and O–H groups in total. The van der Waals surface area contributed by atoms with Crippen molar-refractivity contribution in [3.05, 3.63) is 59.7 Å². The summed E-state index contributed by atoms with van der Waals surface area (Å²) in [6, 6.07) is 15.3. The number of hydrogen-bond donors (Lipinski definition) is 1. The summed E-state index contributed by atoms with van der Waals surface area (Å²) >= 11 is 0. The van der Waals surface area contributed by atoms with Crippen molar-refractivity contribution in [3.63, 3.8) is 0 Å². The zero-order valence-corrected chi connectivity index (χ0v) is 17.4. The quantitative estimate of drug-likeness (QED) is 0.760. The minimum absolute atomic E-state index is 0.0361. The lowest BCUT2D eigenvalue weighted by atomic mass is 9.89. The molecule has 6 nitrogen and oxygen atoms in total. The second-order valence-corrected chi connectivity index (χ2v) is 7.57. The maximum atomic E-state index is 12.7. The number of methoxy groups -OCH3 is 1. The molecule has 2 aromatic rings. The van der Waals surface area contributed by atoms with Crippen LogP contribution < -0.4 is 15.0 Å². The van der Waals surface area contributed by atoms with Gasteiger partial charge in [-0.25, -0.2) is 4.79 Å². The van der Waals surface area contributed by atoms with E-state index in [0.29, 0.717) is 38.0 Å². The summed E-state index contributed by atoms with van der Waals surface area (Å²) in [4.78, 5) is 29.0. The van der Waals surface area contributed by atoms with Gasteiger partial charge >= 0.3 is 6.03 Å². The van der Waals surface area contributed by atoms with Gasteiger partial charge in [0.15, 0.2) is 5.78 Å². The smallest absolute Gasteiger partial charge is 0.317 e. The molecule has 0 bridgehead atoms. The number of nitrogens with one attached hydrogen (secondary N) is 1. The molecule has 0 atom stereocenters. The molecular formula is C23H29N3O3. The molecule has 2 aromatic carbocycles. The maximum absolute atomic E-state index is 12.7. The van der Waals surface area contributed by atoms with Crippen LogP contribution in [-0.4, -0.2) is 51.0 Å². The average molecular weight is 396 g/mol. The van der Waals surface area contributed by atoms with Crippen LogP contribution in [0, 0.1) is 5.92 Å². The van der Waals surface area contributed by atoms with Crippen molar-refractivity contribution in [1.29, 1.82) is 0 Å². The first-order valence-electron chi connectivity index (χ1n) is 9.95. The normalized spacial score (nSPS) is 14.4. The minimum atomic E-state index is -0.0722. The van der Waals surface area contributed by atoms with Crippen molar-refractivity contribution in [1.82, 2.24) is 10.2 Å². The number of amides is 2. The van der Waals surface area contributed by atoms with Gasteiger partial charge in [0, 0.05) is 50.9 Å². The number of benzene rings is 2. The van der Waals surface area contributed by atoms with Gasteiger partial charge in [-0.05, 0) is 54.8 Å². The topological polar surface area (TPSA) is 61.9 Å². The number of urea groups is 1. The van der Waals surface area contributed by atoms with E-state index in [1.54, 1.807) is 24.1 Å². The monoisotopic (exact) mass is 395 g/mol. The first kappa shape index (κ1) is 20.7. The number of hydrogen-bond acceptors (Lipinski definition) is 4. The molecule has 154 valence electrons. The predicted octanol–water partition coefficient (Wildman–Crippen LogP) is 3.57. The number of carbonyl (C=O) groups excluding carboxylic acids is 2. The standard InChI is InChI=1S/C23H29N3O3/c1-25(2)20-8-4-17(5-9-20)16-24-23(28)26-14-12-19(13-15-26)22(27)18-6-10-21(29-3)11-7-18/h4-11,19H,12-16H2,1-3H3,(H,24,28). The van der Waals surface area contributed by atoms with E-state index >= 15 is 0 Å². The minimum Gasteiger partial charge on any atom is -0.497 e. The van der Waals surface area contributed by atoms with Crippen molar-refractivity contribution in [3.8, 4) is 5.75 Å². The SMILES string of the molecule is COc1ccc(C(=O)C2CCN(C(=O)NCc3ccc(N(C)C)cc3)CC2)cc1. The van der Waals surface area contributed by atoms with Crippen LogP contribution in [0.1, 0.15) is 28.8 Å². The fraction of sp³-hybridized carbons (Fsp3) is 0.391. The number of Topliss-reactive ketones (excluding diaryl/α,β-unsaturated/α-hetero) is 1. The number of carbonyl (C=O) groups is 2. The van der Waals surface area contributed by atoms with E-state index in [1.807, 2.05) is 55.4 Å². The number of anilines is 1. The lowest BCUT2D eigenvalue weighted by Gasteiger charge is -2.31. The van der Waals surface area contributed by atoms with Crippen LogP contribution in [0.4, 0.5) is 10.5 Å². The highest BCUT2D eigenvalue weighted by atomic mass is 16.5. The number of piperidine rings is 1. The molecule has 0 spiro atoms. The Hall–Kier alpha value is -3.02. The fourth-order valence-corrected chi connectivity index (χ4v) is 3.54. The van der Waals surface area contributed by atoms with Crippen molar-refractivity contribution in [2.45, 2.75) is 19.4 Å². The lowest BCUT2D eigenvalue weighted by molar-refractivity contribution is 0.0854. The second kappa shape index (κ2) is 9.45. The van der Waals surface area contributed by atoms with E-state index in [1.165, 1.54) is 0 Å². The number of likely N-dealkylation sites (tertiary alicyclic amines) is 1. The number of ether oxygens (including phenoxy) is 1. The molecule has 0 unspecified atom stereocenters. The Labute approximate surface area is 172 Å². The second-order valence-electron chi connectivity index (χ2n) is 7.57. The van der Waals surface area contributed by atoms with Gasteiger partial charge in [0.25, 0.3) is 0 Å². The molecule has 2 amide bonds. The highest BCUT2D eigenvalue weighted by molar-refractivity contribution is 5.98. The summed E-state index contributed by atoms with van der Waals surface area (Å²) in [6.45, 7) is 1.69. The van der Waals surface area contributed by atoms with Gasteiger partial charge in [0.1, 0.15) is 5.75 Å². The van der Waals surface area contributed by atoms with Gasteiger partial charge in [0.05, 0.1) is 7.11 Å². The van der Waals surface area contributed by atoms with Gasteiger partial charge in [-0.1, -0.05) is 12.1 Å². The van der Waals surface area contributed by atoms with Crippen LogP contribution in [-0.2, 0) is 6.54 Å². The fourth-order valence-electron chi connectivity index (χ4n) is 3.54. The third-order valence-electron chi connectivity index (χ3n) is 5.42. The molecule has 1 aliphatic rings. The van der Waals surface area contributed by atoms with E-state index < -0.39 is 0 Å². The third kappa shape index (κ3) is 5.28. The lowest BCUT2D eigenvalue weighted by Crippen LogP contribution is -2.45. The summed E-state index contributed by atoms with van der Waals surface area (Å²) in [5.74, 6) is 0.851. The highest BCUT2D eigenvalue weighted by Crippen LogP contribution is 2.23. The summed E-state index contributed by atoms with van der Waals surface area (Å²) in [6.07, 6.45) is 1.38. The molecule has 0 saturated carbocycles. The third-order valence-corrected chi connectivity index (χ3v) is 5.42. The van der Waals surface area contributed by atoms with Gasteiger partial charge in [-0.15, -0.1) is 0 Å². The Morgan fingerprint density at radius 2 is 1.66 bits per heavy atom. The van der Waals surface area contributed by atoms with Crippen molar-refractivity contribution < 1.29 is 14.3 Å². The van der Waals surface area contributed by atoms with E-state index in [9.17, 15) is 9.59 Å². The molecule has 0 aromatic heterocycles. The van der Waals surface area contributed by atoms with Crippen molar-refractivity contribution in [2.24, 2.45) is 5.92 Å². The Morgan fingerprint density at radius 1 is 1.03 bits per heavy atom. The van der Waals surface area contributed by atoms with E-state index in [0.717, 1.165) is 17.0 Å². The van der Waals surface area contributed by atoms with Crippen LogP contribution in [0.25, 0.3) is 0 Å². The van der Waals surface area contributed by atoms with Crippen LogP contribution in [0.3, 0.4) is 0 Å². The van der Waals surface area contributed by atoms with Gasteiger partial charge < -0.3 is 19.9 Å². The molecule has 29 heavy (non-hydrogen) atoms. The molecule has 0 radical (unpaired) electrons. The summed E-state index contributed by atoms with van der Waals surface area (Å²) in [7, 11) is 5.61. The molecule has 3 rings (SSSR count). The zero-order chi connectivity index (χ0) is 20.8. The number of ketones is 1. The Kier molecular flexibility index (Phi) is 6.75. The van der Waals surface area contributed by atoms with Crippen LogP contribution in [0.2, 0.25) is 0 Å². The highest BCUT2D eigenvalue weighted by Gasteiger charge is 2.27. The molecule has 0 aliphatic carbocycles. The van der Waals surface area contributed by atoms with Crippen molar-refractivity contribution >= 4 is 17.5 Å². The number of nitrogens with zero attached hydrogens (tertiary/aromatic N) is 2. The van der Waals surface area contributed by atoms with E-state index in [2.05, 4.69) is 5.32 Å². The van der Waals surface area contributed by atoms with Gasteiger partial charge in [-0.2, -0.15) is 0 Å². The Bertz CT molecular complexity index is 823. The van der Waals surface area contributed by atoms with E-state index in [-0.39, 0.29) is 17.7 Å².